The molecule has 2 heterocycles. The summed E-state index contributed by atoms with van der Waals surface area (Å²) in [5.41, 5.74) is 24.2. The average molecular weight is 877 g/mol. The van der Waals surface area contributed by atoms with E-state index in [-0.39, 0.29) is 0 Å². The Morgan fingerprint density at radius 2 is 0.855 bits per heavy atom. The number of nitrogens with zero attached hydrogens (tertiary/aromatic N) is 2. The van der Waals surface area contributed by atoms with Crippen LogP contribution in [0.15, 0.2) is 255 Å². The van der Waals surface area contributed by atoms with Gasteiger partial charge in [-0.05, 0) is 151 Å². The van der Waals surface area contributed by atoms with Gasteiger partial charge in [0.15, 0.2) is 0 Å². The van der Waals surface area contributed by atoms with Gasteiger partial charge >= 0.3 is 0 Å². The average Bonchev–Trinajstić information content (AvgIpc) is 4.14. The second-order valence-electron chi connectivity index (χ2n) is 18.5. The maximum atomic E-state index is 3.96. The highest BCUT2D eigenvalue weighted by Gasteiger charge is 2.51. The topological polar surface area (TPSA) is 9.86 Å². The molecule has 1 spiro atoms. The zero-order chi connectivity index (χ0) is 45.6. The van der Waals surface area contributed by atoms with E-state index in [4.69, 9.17) is 0 Å². The third kappa shape index (κ3) is 5.79. The van der Waals surface area contributed by atoms with Crippen LogP contribution >= 0.6 is 0 Å². The number of benzene rings is 10. The molecule has 0 N–H and O–H groups in total. The summed E-state index contributed by atoms with van der Waals surface area (Å²) < 4.78 is 4.71. The molecule has 322 valence electrons. The second-order valence-corrected chi connectivity index (χ2v) is 18.5. The van der Waals surface area contributed by atoms with E-state index in [1.165, 1.54) is 94.0 Å². The Hall–Kier alpha value is -8.98. The van der Waals surface area contributed by atoms with Gasteiger partial charge in [-0.2, -0.15) is 0 Å². The molecule has 0 bridgehead atoms. The van der Waals surface area contributed by atoms with Crippen LogP contribution in [-0.4, -0.2) is 9.13 Å². The number of hydrogen-bond donors (Lipinski definition) is 0. The molecule has 0 fully saturated rings. The van der Waals surface area contributed by atoms with Crippen molar-refractivity contribution in [2.75, 3.05) is 0 Å². The summed E-state index contributed by atoms with van der Waals surface area (Å²) in [5, 5.41) is 3.67. The molecule has 2 aliphatic carbocycles. The number of para-hydroxylation sites is 3. The van der Waals surface area contributed by atoms with Gasteiger partial charge in [-0.3, -0.25) is 0 Å². The fraction of sp³-hybridized carbons (Fsp3) is 0.0149. The maximum absolute atomic E-state index is 3.96. The van der Waals surface area contributed by atoms with Crippen molar-refractivity contribution in [3.05, 3.63) is 283 Å². The van der Waals surface area contributed by atoms with E-state index in [9.17, 15) is 0 Å². The molecular weight excluding hydrogens is 833 g/mol. The monoisotopic (exact) mass is 876 g/mol. The van der Waals surface area contributed by atoms with Gasteiger partial charge in [-0.1, -0.05) is 183 Å². The lowest BCUT2D eigenvalue weighted by molar-refractivity contribution is 0.794. The Kier molecular flexibility index (Phi) is 8.68. The highest BCUT2D eigenvalue weighted by Crippen LogP contribution is 2.63. The summed E-state index contributed by atoms with van der Waals surface area (Å²) >= 11 is 0. The minimum Gasteiger partial charge on any atom is -0.316 e. The summed E-state index contributed by atoms with van der Waals surface area (Å²) in [4.78, 5) is 0. The molecule has 2 nitrogen and oxygen atoms in total. The Balaban J connectivity index is 1.01. The van der Waals surface area contributed by atoms with Gasteiger partial charge in [0.1, 0.15) is 0 Å². The van der Waals surface area contributed by atoms with Crippen molar-refractivity contribution in [2.45, 2.75) is 5.41 Å². The first kappa shape index (κ1) is 39.2. The molecule has 14 rings (SSSR count). The van der Waals surface area contributed by atoms with Crippen LogP contribution in [0.4, 0.5) is 0 Å². The van der Waals surface area contributed by atoms with Crippen LogP contribution in [0.3, 0.4) is 0 Å². The van der Waals surface area contributed by atoms with Crippen molar-refractivity contribution in [2.24, 2.45) is 0 Å². The van der Waals surface area contributed by atoms with Crippen LogP contribution in [0.5, 0.6) is 0 Å². The van der Waals surface area contributed by atoms with E-state index in [1.54, 1.807) is 0 Å². The molecule has 0 saturated heterocycles. The van der Waals surface area contributed by atoms with E-state index in [2.05, 4.69) is 259 Å². The van der Waals surface area contributed by atoms with Crippen LogP contribution in [0, 0.1) is 0 Å². The number of rotatable bonds is 7. The minimum absolute atomic E-state index is 0.431. The van der Waals surface area contributed by atoms with Crippen molar-refractivity contribution in [1.29, 1.82) is 0 Å². The third-order valence-electron chi connectivity index (χ3n) is 14.9. The largest absolute Gasteiger partial charge is 0.316 e. The van der Waals surface area contributed by atoms with Gasteiger partial charge in [0.05, 0.1) is 22.0 Å². The molecule has 2 aromatic heterocycles. The Morgan fingerprint density at radius 1 is 0.348 bits per heavy atom. The summed E-state index contributed by atoms with van der Waals surface area (Å²) in [6.45, 7) is 3.96. The first-order valence-electron chi connectivity index (χ1n) is 23.9. The Bertz CT molecular complexity index is 4020. The van der Waals surface area contributed by atoms with Crippen LogP contribution in [0.2, 0.25) is 0 Å². The maximum Gasteiger partial charge on any atom is 0.0725 e. The zero-order valence-electron chi connectivity index (χ0n) is 37.9. The molecule has 0 amide bonds. The summed E-state index contributed by atoms with van der Waals surface area (Å²) in [6, 6.07) is 85.8. The summed E-state index contributed by atoms with van der Waals surface area (Å²) in [6.07, 6.45) is 8.25. The number of aromatic nitrogens is 2. The molecule has 0 unspecified atom stereocenters. The van der Waals surface area contributed by atoms with Crippen LogP contribution in [-0.2, 0) is 5.41 Å². The summed E-state index contributed by atoms with van der Waals surface area (Å²) in [5.74, 6) is 0. The highest BCUT2D eigenvalue weighted by molar-refractivity contribution is 6.11. The molecule has 2 aliphatic rings. The van der Waals surface area contributed by atoms with Crippen molar-refractivity contribution in [1.82, 2.24) is 9.13 Å². The van der Waals surface area contributed by atoms with Gasteiger partial charge in [0, 0.05) is 39.3 Å². The van der Waals surface area contributed by atoms with Gasteiger partial charge in [0.2, 0.25) is 0 Å². The number of fused-ring (bicyclic) bond motifs is 14. The van der Waals surface area contributed by atoms with E-state index >= 15 is 0 Å². The van der Waals surface area contributed by atoms with Crippen LogP contribution in [0.25, 0.3) is 106 Å². The molecule has 0 radical (unpaired) electrons. The summed E-state index contributed by atoms with van der Waals surface area (Å²) in [7, 11) is 0. The van der Waals surface area contributed by atoms with Gasteiger partial charge in [0.25, 0.3) is 0 Å². The molecule has 0 saturated carbocycles. The van der Waals surface area contributed by atoms with E-state index in [0.717, 1.165) is 33.6 Å². The molecule has 12 aromatic rings. The molecule has 2 heteroatoms. The standard InChI is InChI=1S/C67H44N2/c1-2-3-18-47-43-68(51-19-6-4-7-20-51)66-42-46(31-34-53(47)66)50-38-48(44-33-36-65-59(40-44)58-26-13-17-30-64(58)69(65)52-21-8-5-9-22-52)37-49(39-50)45-32-35-57-56-25-12-16-29-62(56)67(63(57)41-45)60-27-14-10-23-54(60)55-24-11-15-28-61(55)67/h2-43H,1H2/b18-3-. The predicted octanol–water partition coefficient (Wildman–Crippen LogP) is 17.3. The molecular formula is C67H44N2. The Labute approximate surface area is 401 Å². The van der Waals surface area contributed by atoms with Crippen molar-refractivity contribution >= 4 is 38.8 Å². The highest BCUT2D eigenvalue weighted by atomic mass is 15.0. The van der Waals surface area contributed by atoms with E-state index in [0.29, 0.717) is 0 Å². The smallest absolute Gasteiger partial charge is 0.0725 e. The van der Waals surface area contributed by atoms with Gasteiger partial charge < -0.3 is 9.13 Å². The lowest BCUT2D eigenvalue weighted by atomic mass is 9.70. The van der Waals surface area contributed by atoms with Gasteiger partial charge in [-0.25, -0.2) is 0 Å². The second kappa shape index (κ2) is 15.3. The fourth-order valence-corrected chi connectivity index (χ4v) is 11.9. The van der Waals surface area contributed by atoms with E-state index < -0.39 is 5.41 Å². The zero-order valence-corrected chi connectivity index (χ0v) is 37.9. The molecule has 0 aliphatic heterocycles. The first-order valence-corrected chi connectivity index (χ1v) is 23.9. The normalized spacial score (nSPS) is 13.0. The fourth-order valence-electron chi connectivity index (χ4n) is 11.9. The first-order chi connectivity index (χ1) is 34.2. The Morgan fingerprint density at radius 3 is 1.51 bits per heavy atom. The lowest BCUT2D eigenvalue weighted by Gasteiger charge is -2.30. The number of allylic oxidation sites excluding steroid dienone is 2. The number of hydrogen-bond acceptors (Lipinski definition) is 0. The predicted molar refractivity (Wildman–Crippen MR) is 289 cm³/mol. The van der Waals surface area contributed by atoms with Crippen molar-refractivity contribution in [3.8, 4) is 67.0 Å². The van der Waals surface area contributed by atoms with Crippen LogP contribution < -0.4 is 0 Å². The SMILES string of the molecule is C=C/C=C\c1cn(-c2ccccc2)c2cc(-c3cc(-c4ccc5c(c4)C4(c6ccccc6-c6ccccc64)c4ccccc4-5)cc(-c4ccc5c(c4)c4ccccc4n5-c4ccccc4)c3)ccc12. The molecule has 0 atom stereocenters. The third-order valence-corrected chi connectivity index (χ3v) is 14.9. The van der Waals surface area contributed by atoms with Crippen molar-refractivity contribution in [3.63, 3.8) is 0 Å². The minimum atomic E-state index is -0.431. The van der Waals surface area contributed by atoms with Gasteiger partial charge in [-0.15, -0.1) is 0 Å². The lowest BCUT2D eigenvalue weighted by Crippen LogP contribution is -2.25. The van der Waals surface area contributed by atoms with Crippen molar-refractivity contribution < 1.29 is 0 Å². The van der Waals surface area contributed by atoms with Crippen LogP contribution in [0.1, 0.15) is 27.8 Å². The molecule has 69 heavy (non-hydrogen) atoms. The van der Waals surface area contributed by atoms with E-state index in [1.807, 2.05) is 12.2 Å². The quantitative estimate of drug-likeness (QED) is 0.141. The molecule has 10 aromatic carbocycles.